The highest BCUT2D eigenvalue weighted by molar-refractivity contribution is 7.94. The van der Waals surface area contributed by atoms with Crippen LogP contribution in [0.4, 0.5) is 0 Å². The molecule has 0 aromatic rings. The summed E-state index contributed by atoms with van der Waals surface area (Å²) in [6, 6.07) is -0.107. The number of hydrogen-bond acceptors (Lipinski definition) is 3. The Morgan fingerprint density at radius 3 is 2.64 bits per heavy atom. The van der Waals surface area contributed by atoms with E-state index in [0.29, 0.717) is 6.54 Å². The molecule has 0 amide bonds. The molecule has 1 atom stereocenters. The number of carboxylic acid groups (broad SMARTS) is 1. The van der Waals surface area contributed by atoms with Gasteiger partial charge in [0.1, 0.15) is 11.8 Å². The lowest BCUT2D eigenvalue weighted by Gasteiger charge is -2.03. The van der Waals surface area contributed by atoms with Crippen LogP contribution in [0.5, 0.6) is 0 Å². The van der Waals surface area contributed by atoms with E-state index >= 15 is 0 Å². The Bertz CT molecular complexity index is 325. The number of sulfone groups is 1. The normalized spacial score (nSPS) is 23.0. The third-order valence-electron chi connectivity index (χ3n) is 1.79. The minimum atomic E-state index is -3.01. The predicted molar refractivity (Wildman–Crippen MR) is 45.8 cm³/mol. The van der Waals surface area contributed by atoms with E-state index in [2.05, 4.69) is 0 Å². The van der Waals surface area contributed by atoms with E-state index in [1.807, 2.05) is 0 Å². The van der Waals surface area contributed by atoms with Crippen molar-refractivity contribution in [3.05, 3.63) is 11.5 Å². The molecule has 0 aromatic heterocycles. The van der Waals surface area contributed by atoms with Gasteiger partial charge in [0.2, 0.25) is 0 Å². The van der Waals surface area contributed by atoms with Gasteiger partial charge in [-0.1, -0.05) is 0 Å². The minimum absolute atomic E-state index is 0. The molecule has 0 spiro atoms. The second kappa shape index (κ2) is 5.33. The van der Waals surface area contributed by atoms with Crippen LogP contribution in [0.3, 0.4) is 0 Å². The molecule has 0 fully saturated rings. The summed E-state index contributed by atoms with van der Waals surface area (Å²) in [5.74, 6) is -0.770. The van der Waals surface area contributed by atoms with E-state index in [1.165, 1.54) is 5.41 Å². The summed E-state index contributed by atoms with van der Waals surface area (Å²) in [4.78, 5) is 10.1. The van der Waals surface area contributed by atoms with E-state index in [-0.39, 0.29) is 30.6 Å². The van der Waals surface area contributed by atoms with Crippen molar-refractivity contribution in [1.29, 1.82) is 0 Å². The van der Waals surface area contributed by atoms with E-state index in [1.54, 1.807) is 11.4 Å². The fourth-order valence-electron chi connectivity index (χ4n) is 1.17. The van der Waals surface area contributed by atoms with Crippen molar-refractivity contribution in [3.8, 4) is 0 Å². The first kappa shape index (κ1) is 13.4. The molecule has 0 saturated heterocycles. The van der Waals surface area contributed by atoms with E-state index in [9.17, 15) is 13.2 Å². The largest absolute Gasteiger partial charge is 1.00 e. The van der Waals surface area contributed by atoms with E-state index in [4.69, 9.17) is 5.11 Å². The van der Waals surface area contributed by atoms with Crippen molar-refractivity contribution in [3.63, 3.8) is 0 Å². The zero-order valence-corrected chi connectivity index (χ0v) is 8.96. The molecule has 0 aromatic carbocycles. The molecule has 0 bridgehead atoms. The monoisotopic (exact) mass is 241 g/mol. The van der Waals surface area contributed by atoms with Crippen molar-refractivity contribution in [1.82, 2.24) is 0 Å². The van der Waals surface area contributed by atoms with E-state index in [0.717, 1.165) is 0 Å². The Morgan fingerprint density at radius 1 is 1.57 bits per heavy atom. The molecule has 3 N–H and O–H groups in total. The smallest absolute Gasteiger partial charge is 0.309 e. The van der Waals surface area contributed by atoms with Gasteiger partial charge in [0, 0.05) is 5.41 Å². The summed E-state index contributed by atoms with van der Waals surface area (Å²) in [5, 5.41) is 11.3. The molecule has 82 valence electrons. The van der Waals surface area contributed by atoms with Crippen LogP contribution >= 0.6 is 0 Å². The Hall–Kier alpha value is -0.590. The topological polar surface area (TPSA) is 88.0 Å². The fourth-order valence-corrected chi connectivity index (χ4v) is 2.50. The molecule has 1 rings (SSSR count). The number of halogens is 1. The molecular weight excluding hydrogens is 230 g/mol. The highest BCUT2D eigenvalue weighted by Crippen LogP contribution is 2.03. The van der Waals surface area contributed by atoms with Crippen LogP contribution < -0.4 is 17.7 Å². The molecular formula is C7H12ClNO4S. The summed E-state index contributed by atoms with van der Waals surface area (Å²) in [7, 11) is -3.01. The van der Waals surface area contributed by atoms with Crippen LogP contribution in [-0.4, -0.2) is 37.8 Å². The number of carboxylic acids is 1. The lowest BCUT2D eigenvalue weighted by Crippen LogP contribution is -3.00. The first-order valence-electron chi connectivity index (χ1n) is 3.96. The Kier molecular flexibility index (Phi) is 5.11. The average Bonchev–Trinajstić information content (AvgIpc) is 2.29. The fraction of sp³-hybridized carbons (Fsp3) is 0.571. The van der Waals surface area contributed by atoms with Gasteiger partial charge in [-0.3, -0.25) is 4.79 Å². The zero-order chi connectivity index (χ0) is 9.90. The number of nitrogens with two attached hydrogens (primary N) is 1. The molecule has 1 unspecified atom stereocenters. The van der Waals surface area contributed by atoms with Crippen molar-refractivity contribution < 1.29 is 36.0 Å². The quantitative estimate of drug-likeness (QED) is 0.518. The summed E-state index contributed by atoms with van der Waals surface area (Å²) >= 11 is 0. The van der Waals surface area contributed by atoms with Crippen molar-refractivity contribution in [2.45, 2.75) is 12.5 Å². The maximum Gasteiger partial charge on any atom is 0.309 e. The molecule has 5 nitrogen and oxygen atoms in total. The zero-order valence-electron chi connectivity index (χ0n) is 7.39. The third-order valence-corrected chi connectivity index (χ3v) is 3.21. The van der Waals surface area contributed by atoms with Gasteiger partial charge in [-0.05, 0) is 6.08 Å². The van der Waals surface area contributed by atoms with Crippen LogP contribution in [0.1, 0.15) is 6.42 Å². The SMILES string of the molecule is O=C(O)CC[NH2+]C1C=CS(=O)(=O)C1.[Cl-]. The molecule has 14 heavy (non-hydrogen) atoms. The molecule has 0 saturated carbocycles. The summed E-state index contributed by atoms with van der Waals surface area (Å²) in [5.41, 5.74) is 0. The van der Waals surface area contributed by atoms with Gasteiger partial charge in [0.05, 0.1) is 13.0 Å². The van der Waals surface area contributed by atoms with Gasteiger partial charge in [-0.25, -0.2) is 8.42 Å². The Balaban J connectivity index is 0.00000169. The number of hydrogen-bond donors (Lipinski definition) is 2. The lowest BCUT2D eigenvalue weighted by molar-refractivity contribution is -0.673. The summed E-state index contributed by atoms with van der Waals surface area (Å²) in [6.45, 7) is 0.417. The van der Waals surface area contributed by atoms with Crippen molar-refractivity contribution in [2.24, 2.45) is 0 Å². The van der Waals surface area contributed by atoms with Crippen LogP contribution in [0, 0.1) is 0 Å². The molecule has 7 heteroatoms. The highest BCUT2D eigenvalue weighted by Gasteiger charge is 2.23. The first-order valence-corrected chi connectivity index (χ1v) is 5.67. The number of rotatable bonds is 4. The van der Waals surface area contributed by atoms with Crippen LogP contribution in [-0.2, 0) is 14.6 Å². The van der Waals surface area contributed by atoms with E-state index < -0.39 is 15.8 Å². The Morgan fingerprint density at radius 2 is 2.21 bits per heavy atom. The molecule has 0 radical (unpaired) electrons. The van der Waals surface area contributed by atoms with Gasteiger partial charge in [0.15, 0.2) is 9.84 Å². The molecule has 1 aliphatic rings. The van der Waals surface area contributed by atoms with Gasteiger partial charge in [-0.2, -0.15) is 0 Å². The third kappa shape index (κ3) is 4.59. The highest BCUT2D eigenvalue weighted by atomic mass is 35.5. The van der Waals surface area contributed by atoms with Gasteiger partial charge >= 0.3 is 5.97 Å². The van der Waals surface area contributed by atoms with Crippen LogP contribution in [0.15, 0.2) is 11.5 Å². The minimum Gasteiger partial charge on any atom is -1.00 e. The standard InChI is InChI=1S/C7H11NO4S.ClH/c9-7(10)1-3-8-6-2-4-13(11,12)5-6;/h2,4,6,8H,1,3,5H2,(H,9,10);1H. The van der Waals surface area contributed by atoms with Gasteiger partial charge in [0.25, 0.3) is 0 Å². The Labute approximate surface area is 88.5 Å². The van der Waals surface area contributed by atoms with Gasteiger partial charge in [-0.15, -0.1) is 0 Å². The predicted octanol–water partition coefficient (Wildman–Crippen LogP) is -4.66. The first-order chi connectivity index (χ1) is 5.99. The molecule has 0 aliphatic carbocycles. The van der Waals surface area contributed by atoms with Gasteiger partial charge < -0.3 is 22.8 Å². The maximum atomic E-state index is 10.9. The van der Waals surface area contributed by atoms with Crippen LogP contribution in [0.25, 0.3) is 0 Å². The number of carbonyl (C=O) groups is 1. The molecule has 1 aliphatic heterocycles. The van der Waals surface area contributed by atoms with Crippen molar-refractivity contribution >= 4 is 15.8 Å². The lowest BCUT2D eigenvalue weighted by atomic mass is 10.3. The second-order valence-corrected chi connectivity index (χ2v) is 4.92. The van der Waals surface area contributed by atoms with Crippen LogP contribution in [0.2, 0.25) is 0 Å². The number of quaternary nitrogens is 1. The molecule has 1 heterocycles. The maximum absolute atomic E-state index is 10.9. The number of aliphatic carboxylic acids is 1. The van der Waals surface area contributed by atoms with Crippen molar-refractivity contribution in [2.75, 3.05) is 12.3 Å². The second-order valence-electron chi connectivity index (χ2n) is 2.99. The average molecular weight is 242 g/mol. The summed E-state index contributed by atoms with van der Waals surface area (Å²) < 4.78 is 21.8. The summed E-state index contributed by atoms with van der Waals surface area (Å²) in [6.07, 6.45) is 1.65.